The molecular weight excluding hydrogens is 753 g/mol. The molecule has 1 heterocycles. The first-order valence-corrected chi connectivity index (χ1v) is 22.4. The van der Waals surface area contributed by atoms with E-state index in [1.54, 1.807) is 0 Å². The molecule has 0 aliphatic heterocycles. The highest BCUT2D eigenvalue weighted by molar-refractivity contribution is 7.25. The first-order chi connectivity index (χ1) is 29.5. The summed E-state index contributed by atoms with van der Waals surface area (Å²) in [6, 6.07) is 43.2. The zero-order valence-corrected chi connectivity index (χ0v) is 37.4. The Kier molecular flexibility index (Phi) is 10.3. The van der Waals surface area contributed by atoms with Crippen LogP contribution in [0.25, 0.3) is 64.4 Å². The van der Waals surface area contributed by atoms with Crippen LogP contribution in [-0.2, 0) is 10.8 Å². The Bertz CT molecular complexity index is 3140. The van der Waals surface area contributed by atoms with Gasteiger partial charge in [0.15, 0.2) is 0 Å². The van der Waals surface area contributed by atoms with E-state index in [2.05, 4.69) is 213 Å². The maximum Gasteiger partial charge on any atom is 0.0361 e. The van der Waals surface area contributed by atoms with Crippen LogP contribution < -0.4 is 0 Å². The van der Waals surface area contributed by atoms with E-state index in [0.717, 1.165) is 34.3 Å². The number of fused-ring (bicyclic) bond motifs is 9. The Labute approximate surface area is 366 Å². The van der Waals surface area contributed by atoms with Crippen molar-refractivity contribution in [3.63, 3.8) is 0 Å². The Hall–Kier alpha value is -6.28. The normalized spacial score (nSPS) is 17.0. The lowest BCUT2D eigenvalue weighted by molar-refractivity contribution is 0.563. The maximum atomic E-state index is 4.15. The molecule has 0 bridgehead atoms. The van der Waals surface area contributed by atoms with Gasteiger partial charge in [0.2, 0.25) is 0 Å². The van der Waals surface area contributed by atoms with Gasteiger partial charge in [0, 0.05) is 25.6 Å². The van der Waals surface area contributed by atoms with E-state index in [1.807, 2.05) is 23.5 Å². The zero-order valence-electron chi connectivity index (χ0n) is 36.6. The van der Waals surface area contributed by atoms with Gasteiger partial charge in [0.05, 0.1) is 0 Å². The van der Waals surface area contributed by atoms with Gasteiger partial charge >= 0.3 is 0 Å². The molecule has 1 heteroatoms. The standard InChI is InChI=1S/C60H54S/c1-10-19-46(39-21-15-14-16-22-39)44(12-3)45(13-4)47(20-11-2)41-28-31-53-51(33-41)48-30-27-40(34-55(48)60(53,8)9)38(5)25-26-43-37-59(6,7)54-32-29-42-35-57-52(36-50(42)58(43)54)49-23-17-18-24-56(49)61-57/h10-36H,1-2,37H2,3-9H3/b38-25+,43-26+,44-12?,45-13+,46-19+,47-20+. The molecule has 0 radical (unpaired) electrons. The second kappa shape index (κ2) is 15.6. The summed E-state index contributed by atoms with van der Waals surface area (Å²) in [5.74, 6) is 0. The van der Waals surface area contributed by atoms with Crippen LogP contribution in [0.15, 0.2) is 188 Å². The van der Waals surface area contributed by atoms with Crippen LogP contribution in [0.5, 0.6) is 0 Å². The lowest BCUT2D eigenvalue weighted by atomic mass is 9.80. The van der Waals surface area contributed by atoms with E-state index < -0.39 is 0 Å². The fraction of sp³-hybridized carbons (Fsp3) is 0.167. The fourth-order valence-corrected chi connectivity index (χ4v) is 11.3. The summed E-state index contributed by atoms with van der Waals surface area (Å²) in [5.41, 5.74) is 19.1. The molecule has 9 rings (SSSR count). The second-order valence-electron chi connectivity index (χ2n) is 17.8. The largest absolute Gasteiger partial charge is 0.135 e. The summed E-state index contributed by atoms with van der Waals surface area (Å²) in [6.07, 6.45) is 18.3. The molecule has 0 N–H and O–H groups in total. The van der Waals surface area contributed by atoms with Gasteiger partial charge in [-0.15, -0.1) is 11.3 Å². The zero-order chi connectivity index (χ0) is 42.6. The van der Waals surface area contributed by atoms with Crippen LogP contribution in [0.4, 0.5) is 0 Å². The van der Waals surface area contributed by atoms with E-state index in [9.17, 15) is 0 Å². The molecule has 0 saturated heterocycles. The van der Waals surface area contributed by atoms with Crippen molar-refractivity contribution >= 4 is 64.6 Å². The van der Waals surface area contributed by atoms with E-state index in [4.69, 9.17) is 0 Å². The number of benzene rings is 6. The molecule has 0 spiro atoms. The van der Waals surface area contributed by atoms with Gasteiger partial charge in [0.1, 0.15) is 0 Å². The van der Waals surface area contributed by atoms with Crippen LogP contribution >= 0.6 is 11.3 Å². The van der Waals surface area contributed by atoms with E-state index >= 15 is 0 Å². The lowest BCUT2D eigenvalue weighted by Crippen LogP contribution is -2.15. The predicted molar refractivity (Wildman–Crippen MR) is 270 cm³/mol. The molecule has 6 aromatic carbocycles. The van der Waals surface area contributed by atoms with Gasteiger partial charge in [-0.05, 0) is 157 Å². The summed E-state index contributed by atoms with van der Waals surface area (Å²) < 4.78 is 2.71. The predicted octanol–water partition coefficient (Wildman–Crippen LogP) is 17.4. The quantitative estimate of drug-likeness (QED) is 0.128. The van der Waals surface area contributed by atoms with Crippen LogP contribution in [0.1, 0.15) is 93.8 Å². The molecular formula is C60H54S. The highest BCUT2D eigenvalue weighted by Gasteiger charge is 2.37. The number of hydrogen-bond donors (Lipinski definition) is 0. The topological polar surface area (TPSA) is 0 Å². The summed E-state index contributed by atoms with van der Waals surface area (Å²) in [6.45, 7) is 24.3. The highest BCUT2D eigenvalue weighted by atomic mass is 32.1. The van der Waals surface area contributed by atoms with E-state index in [1.165, 1.54) is 86.6 Å². The second-order valence-corrected chi connectivity index (χ2v) is 18.9. The van der Waals surface area contributed by atoms with Crippen molar-refractivity contribution in [2.75, 3.05) is 0 Å². The maximum absolute atomic E-state index is 4.15. The van der Waals surface area contributed by atoms with E-state index in [-0.39, 0.29) is 10.8 Å². The van der Waals surface area contributed by atoms with Crippen molar-refractivity contribution in [2.24, 2.45) is 0 Å². The van der Waals surface area contributed by atoms with Gasteiger partial charge < -0.3 is 0 Å². The smallest absolute Gasteiger partial charge is 0.0361 e. The molecule has 7 aromatic rings. The Balaban J connectivity index is 1.08. The van der Waals surface area contributed by atoms with Crippen molar-refractivity contribution in [2.45, 2.75) is 65.7 Å². The summed E-state index contributed by atoms with van der Waals surface area (Å²) in [4.78, 5) is 0. The lowest BCUT2D eigenvalue weighted by Gasteiger charge is -2.23. The van der Waals surface area contributed by atoms with Crippen molar-refractivity contribution in [3.8, 4) is 11.1 Å². The third-order valence-electron chi connectivity index (χ3n) is 13.3. The average Bonchev–Trinajstić information content (AvgIpc) is 3.85. The average molecular weight is 807 g/mol. The van der Waals surface area contributed by atoms with E-state index in [0.29, 0.717) is 0 Å². The van der Waals surface area contributed by atoms with Crippen molar-refractivity contribution in [1.82, 2.24) is 0 Å². The molecule has 2 aliphatic rings. The van der Waals surface area contributed by atoms with Gasteiger partial charge in [-0.1, -0.05) is 174 Å². The van der Waals surface area contributed by atoms with Crippen LogP contribution in [0, 0.1) is 0 Å². The molecule has 0 saturated carbocycles. The third kappa shape index (κ3) is 6.77. The molecule has 61 heavy (non-hydrogen) atoms. The van der Waals surface area contributed by atoms with Gasteiger partial charge in [-0.25, -0.2) is 0 Å². The fourth-order valence-electron chi connectivity index (χ4n) is 10.2. The highest BCUT2D eigenvalue weighted by Crippen LogP contribution is 2.52. The Morgan fingerprint density at radius 2 is 1.25 bits per heavy atom. The van der Waals surface area contributed by atoms with Crippen LogP contribution in [-0.4, -0.2) is 0 Å². The molecule has 1 aromatic heterocycles. The van der Waals surface area contributed by atoms with Gasteiger partial charge in [-0.3, -0.25) is 0 Å². The number of rotatable bonds is 9. The van der Waals surface area contributed by atoms with Crippen LogP contribution in [0.2, 0.25) is 0 Å². The number of hydrogen-bond acceptors (Lipinski definition) is 1. The number of thiophene rings is 1. The molecule has 0 atom stereocenters. The molecule has 0 unspecified atom stereocenters. The molecule has 300 valence electrons. The Morgan fingerprint density at radius 3 is 1.97 bits per heavy atom. The number of allylic oxidation sites excluding steroid dienone is 14. The Morgan fingerprint density at radius 1 is 0.574 bits per heavy atom. The van der Waals surface area contributed by atoms with Gasteiger partial charge in [0.25, 0.3) is 0 Å². The minimum atomic E-state index is -0.143. The third-order valence-corrected chi connectivity index (χ3v) is 14.4. The molecule has 0 fully saturated rings. The summed E-state index contributed by atoms with van der Waals surface area (Å²) >= 11 is 1.90. The van der Waals surface area contributed by atoms with Crippen molar-refractivity contribution in [3.05, 3.63) is 227 Å². The van der Waals surface area contributed by atoms with Crippen molar-refractivity contribution in [1.29, 1.82) is 0 Å². The molecule has 0 nitrogen and oxygen atoms in total. The van der Waals surface area contributed by atoms with Gasteiger partial charge in [-0.2, -0.15) is 0 Å². The van der Waals surface area contributed by atoms with Crippen molar-refractivity contribution < 1.29 is 0 Å². The minimum absolute atomic E-state index is 0.0697. The monoisotopic (exact) mass is 806 g/mol. The summed E-state index contributed by atoms with van der Waals surface area (Å²) in [5, 5.41) is 5.41. The van der Waals surface area contributed by atoms with Crippen LogP contribution in [0.3, 0.4) is 0 Å². The SMILES string of the molecule is C=C/C=C(/C(=CC)C(=C\C)/C(=C/C=C)c1ccc2c(c1)-c1ccc(/C(C)=C/C=C3\CC(C)(C)c4ccc5cc6sc7ccccc7c6cc5c43)cc1C2(C)C)c1ccccc1. The summed E-state index contributed by atoms with van der Waals surface area (Å²) in [7, 11) is 0. The minimum Gasteiger partial charge on any atom is -0.135 e. The first kappa shape index (κ1) is 40.1. The molecule has 0 amide bonds. The first-order valence-electron chi connectivity index (χ1n) is 21.6. The molecule has 2 aliphatic carbocycles.